The van der Waals surface area contributed by atoms with Gasteiger partial charge in [-0.05, 0) is 88.9 Å². The number of benzene rings is 3. The first-order valence-corrected chi connectivity index (χ1v) is 12.6. The number of amides is 1. The fourth-order valence-electron chi connectivity index (χ4n) is 5.40. The Bertz CT molecular complexity index is 1240. The fraction of sp³-hybridized carbons (Fsp3) is 0.333. The highest BCUT2D eigenvalue weighted by atomic mass is 35.5. The van der Waals surface area contributed by atoms with Crippen LogP contribution in [-0.2, 0) is 0 Å². The van der Waals surface area contributed by atoms with Gasteiger partial charge >= 0.3 is 0 Å². The zero-order valence-corrected chi connectivity index (χ0v) is 22.0. The predicted molar refractivity (Wildman–Crippen MR) is 145 cm³/mol. The van der Waals surface area contributed by atoms with E-state index in [4.69, 9.17) is 16.3 Å². The molecule has 0 unspecified atom stereocenters. The van der Waals surface area contributed by atoms with Crippen LogP contribution in [0.1, 0.15) is 67.7 Å². The first-order chi connectivity index (χ1) is 17.0. The van der Waals surface area contributed by atoms with Gasteiger partial charge in [-0.1, -0.05) is 41.9 Å². The Morgan fingerprint density at radius 2 is 1.56 bits per heavy atom. The van der Waals surface area contributed by atoms with Crippen molar-refractivity contribution in [1.82, 2.24) is 5.32 Å². The van der Waals surface area contributed by atoms with Crippen LogP contribution >= 0.6 is 11.6 Å². The smallest absolute Gasteiger partial charge is 0.259 e. The van der Waals surface area contributed by atoms with Crippen molar-refractivity contribution in [3.8, 4) is 11.5 Å². The molecule has 1 fully saturated rings. The molecule has 1 aliphatic heterocycles. The van der Waals surface area contributed by atoms with E-state index in [0.29, 0.717) is 45.7 Å². The Morgan fingerprint density at radius 1 is 0.917 bits per heavy atom. The van der Waals surface area contributed by atoms with Crippen LogP contribution in [0.5, 0.6) is 11.5 Å². The molecule has 3 aromatic rings. The molecule has 5 nitrogen and oxygen atoms in total. The maximum absolute atomic E-state index is 13.1. The molecule has 0 atom stereocenters. The third-order valence-corrected chi connectivity index (χ3v) is 6.68. The summed E-state index contributed by atoms with van der Waals surface area (Å²) in [5.41, 5.74) is 1.62. The largest absolute Gasteiger partial charge is 0.455 e. The minimum absolute atomic E-state index is 0.0117. The van der Waals surface area contributed by atoms with Crippen LogP contribution in [0, 0.1) is 5.92 Å². The standard InChI is InChI=1S/C30H33ClN2O3/c1-29(2)18-20(19-30(3,4)33-29)16-25(34)21-14-15-27(24(31)17-21)36-26-13-9-8-12-23(26)28(35)32-22-10-6-5-7-11-22/h5-15,17,20,33H,16,18-19H2,1-4H3,(H,32,35). The molecule has 0 aliphatic carbocycles. The van der Waals surface area contributed by atoms with Gasteiger partial charge in [-0.2, -0.15) is 0 Å². The molecule has 0 spiro atoms. The molecule has 0 radical (unpaired) electrons. The van der Waals surface area contributed by atoms with E-state index in [1.54, 1.807) is 42.5 Å². The van der Waals surface area contributed by atoms with Gasteiger partial charge in [0.2, 0.25) is 0 Å². The van der Waals surface area contributed by atoms with Crippen molar-refractivity contribution >= 4 is 29.0 Å². The summed E-state index contributed by atoms with van der Waals surface area (Å²) >= 11 is 6.53. The second-order valence-electron chi connectivity index (χ2n) is 10.9. The van der Waals surface area contributed by atoms with Gasteiger partial charge in [0.25, 0.3) is 5.91 Å². The van der Waals surface area contributed by atoms with Crippen LogP contribution in [-0.4, -0.2) is 22.8 Å². The van der Waals surface area contributed by atoms with Crippen molar-refractivity contribution in [2.75, 3.05) is 5.32 Å². The number of hydrogen-bond donors (Lipinski definition) is 2. The molecule has 0 bridgehead atoms. The lowest BCUT2D eigenvalue weighted by Gasteiger charge is -2.46. The van der Waals surface area contributed by atoms with E-state index in [1.165, 1.54) is 0 Å². The highest BCUT2D eigenvalue weighted by Gasteiger charge is 2.38. The van der Waals surface area contributed by atoms with Crippen molar-refractivity contribution in [3.05, 3.63) is 88.9 Å². The molecule has 6 heteroatoms. The second-order valence-corrected chi connectivity index (χ2v) is 11.3. The molecular formula is C30H33ClN2O3. The highest BCUT2D eigenvalue weighted by Crippen LogP contribution is 2.36. The molecule has 3 aromatic carbocycles. The summed E-state index contributed by atoms with van der Waals surface area (Å²) in [6, 6.07) is 21.3. The lowest BCUT2D eigenvalue weighted by atomic mass is 9.74. The van der Waals surface area contributed by atoms with E-state index < -0.39 is 0 Å². The Hall–Kier alpha value is -3.15. The van der Waals surface area contributed by atoms with E-state index in [2.05, 4.69) is 38.3 Å². The van der Waals surface area contributed by atoms with Crippen molar-refractivity contribution in [3.63, 3.8) is 0 Å². The monoisotopic (exact) mass is 504 g/mol. The molecule has 1 heterocycles. The summed E-state index contributed by atoms with van der Waals surface area (Å²) in [6.07, 6.45) is 2.37. The summed E-state index contributed by atoms with van der Waals surface area (Å²) in [5, 5.41) is 6.86. The molecule has 2 N–H and O–H groups in total. The fourth-order valence-corrected chi connectivity index (χ4v) is 5.62. The summed E-state index contributed by atoms with van der Waals surface area (Å²) in [6.45, 7) is 8.75. The summed E-state index contributed by atoms with van der Waals surface area (Å²) < 4.78 is 6.03. The number of halogens is 1. The van der Waals surface area contributed by atoms with E-state index >= 15 is 0 Å². The lowest BCUT2D eigenvalue weighted by molar-refractivity contribution is 0.0863. The predicted octanol–water partition coefficient (Wildman–Crippen LogP) is 7.51. The van der Waals surface area contributed by atoms with E-state index in [0.717, 1.165) is 12.8 Å². The van der Waals surface area contributed by atoms with Crippen LogP contribution in [0.25, 0.3) is 0 Å². The highest BCUT2D eigenvalue weighted by molar-refractivity contribution is 6.32. The molecule has 4 rings (SSSR count). The van der Waals surface area contributed by atoms with Crippen LogP contribution in [0.4, 0.5) is 5.69 Å². The SMILES string of the molecule is CC1(C)CC(CC(=O)c2ccc(Oc3ccccc3C(=O)Nc3ccccc3)c(Cl)c2)CC(C)(C)N1. The Labute approximate surface area is 218 Å². The van der Waals surface area contributed by atoms with Crippen molar-refractivity contribution in [2.24, 2.45) is 5.92 Å². The van der Waals surface area contributed by atoms with Crippen LogP contribution < -0.4 is 15.4 Å². The van der Waals surface area contributed by atoms with Crippen molar-refractivity contribution in [2.45, 2.75) is 58.0 Å². The number of ketones is 1. The average molecular weight is 505 g/mol. The molecule has 1 saturated heterocycles. The number of carbonyl (C=O) groups excluding carboxylic acids is 2. The van der Waals surface area contributed by atoms with Gasteiger partial charge in [0, 0.05) is 28.7 Å². The Morgan fingerprint density at radius 3 is 2.22 bits per heavy atom. The number of Topliss-reactive ketones (excluding diaryl/α,β-unsaturated/α-hetero) is 1. The van der Waals surface area contributed by atoms with E-state index in [-0.39, 0.29) is 22.8 Å². The van der Waals surface area contributed by atoms with Crippen LogP contribution in [0.3, 0.4) is 0 Å². The molecule has 0 aromatic heterocycles. The van der Waals surface area contributed by atoms with Gasteiger partial charge in [0.15, 0.2) is 5.78 Å². The Kier molecular flexibility index (Phi) is 7.53. The first kappa shape index (κ1) is 25.9. The second kappa shape index (κ2) is 10.5. The zero-order valence-electron chi connectivity index (χ0n) is 21.2. The van der Waals surface area contributed by atoms with E-state index in [1.807, 2.05) is 30.3 Å². The van der Waals surface area contributed by atoms with Crippen molar-refractivity contribution < 1.29 is 14.3 Å². The molecule has 0 saturated carbocycles. The summed E-state index contributed by atoms with van der Waals surface area (Å²) in [5.74, 6) is 0.856. The maximum Gasteiger partial charge on any atom is 0.259 e. The first-order valence-electron chi connectivity index (χ1n) is 12.3. The minimum atomic E-state index is -0.285. The number of carbonyl (C=O) groups is 2. The van der Waals surface area contributed by atoms with Crippen molar-refractivity contribution in [1.29, 1.82) is 0 Å². The minimum Gasteiger partial charge on any atom is -0.455 e. The lowest BCUT2D eigenvalue weighted by Crippen LogP contribution is -2.57. The van der Waals surface area contributed by atoms with Gasteiger partial charge in [-0.25, -0.2) is 0 Å². The van der Waals surface area contributed by atoms with Crippen LogP contribution in [0.2, 0.25) is 5.02 Å². The number of piperidine rings is 1. The van der Waals surface area contributed by atoms with Gasteiger partial charge in [0.1, 0.15) is 11.5 Å². The number of ether oxygens (including phenoxy) is 1. The van der Waals surface area contributed by atoms with Gasteiger partial charge in [-0.3, -0.25) is 9.59 Å². The maximum atomic E-state index is 13.1. The summed E-state index contributed by atoms with van der Waals surface area (Å²) in [7, 11) is 0. The molecule has 1 amide bonds. The number of hydrogen-bond acceptors (Lipinski definition) is 4. The molecule has 36 heavy (non-hydrogen) atoms. The molecule has 188 valence electrons. The third kappa shape index (κ3) is 6.54. The normalized spacial score (nSPS) is 16.8. The quantitative estimate of drug-likeness (QED) is 0.326. The molecule has 1 aliphatic rings. The number of rotatable bonds is 7. The van der Waals surface area contributed by atoms with Crippen LogP contribution in [0.15, 0.2) is 72.8 Å². The topological polar surface area (TPSA) is 67.4 Å². The third-order valence-electron chi connectivity index (χ3n) is 6.39. The zero-order chi connectivity index (χ0) is 25.9. The van der Waals surface area contributed by atoms with E-state index in [9.17, 15) is 9.59 Å². The van der Waals surface area contributed by atoms with Gasteiger partial charge in [-0.15, -0.1) is 0 Å². The number of anilines is 1. The summed E-state index contributed by atoms with van der Waals surface area (Å²) in [4.78, 5) is 26.0. The average Bonchev–Trinajstić information content (AvgIpc) is 2.79. The number of nitrogens with one attached hydrogen (secondary N) is 2. The van der Waals surface area contributed by atoms with Gasteiger partial charge < -0.3 is 15.4 Å². The van der Waals surface area contributed by atoms with Gasteiger partial charge in [0.05, 0.1) is 10.6 Å². The number of para-hydroxylation sites is 2. The Balaban J connectivity index is 1.47. The molecular weight excluding hydrogens is 472 g/mol.